The van der Waals surface area contributed by atoms with Crippen molar-refractivity contribution >= 4 is 21.6 Å². The zero-order valence-corrected chi connectivity index (χ0v) is 13.7. The molecule has 0 heterocycles. The Morgan fingerprint density at radius 3 is 2.67 bits per heavy atom. The van der Waals surface area contributed by atoms with Gasteiger partial charge in [-0.2, -0.15) is 0 Å². The Kier molecular flexibility index (Phi) is 5.35. The molecule has 1 fully saturated rings. The lowest BCUT2D eigenvalue weighted by Gasteiger charge is -2.39. The summed E-state index contributed by atoms with van der Waals surface area (Å²) in [6, 6.07) is 4.94. The van der Waals surface area contributed by atoms with Crippen molar-refractivity contribution in [2.75, 3.05) is 6.61 Å². The monoisotopic (exact) mass is 356 g/mol. The summed E-state index contributed by atoms with van der Waals surface area (Å²) in [6.07, 6.45) is 4.10. The summed E-state index contributed by atoms with van der Waals surface area (Å²) in [5.41, 5.74) is 0.683. The first kappa shape index (κ1) is 16.4. The lowest BCUT2D eigenvalue weighted by Crippen LogP contribution is -2.50. The van der Waals surface area contributed by atoms with Gasteiger partial charge in [0, 0.05) is 28.7 Å². The molecule has 2 rings (SSSR count). The van der Waals surface area contributed by atoms with E-state index in [-0.39, 0.29) is 17.8 Å². The molecular weight excluding hydrogens is 336 g/mol. The molecule has 0 radical (unpaired) electrons. The lowest BCUT2D eigenvalue weighted by molar-refractivity contribution is -0.385. The number of nitro benzene ring substituents is 1. The van der Waals surface area contributed by atoms with Crippen LogP contribution in [-0.4, -0.2) is 22.2 Å². The third kappa shape index (κ3) is 4.25. The van der Waals surface area contributed by atoms with Crippen molar-refractivity contribution in [1.82, 2.24) is 5.32 Å². The van der Waals surface area contributed by atoms with Crippen molar-refractivity contribution in [3.8, 4) is 0 Å². The highest BCUT2D eigenvalue weighted by atomic mass is 79.9. The van der Waals surface area contributed by atoms with Crippen molar-refractivity contribution in [3.63, 3.8) is 0 Å². The Morgan fingerprint density at radius 2 is 2.10 bits per heavy atom. The fourth-order valence-corrected chi connectivity index (χ4v) is 3.36. The fraction of sp³-hybridized carbons (Fsp3) is 0.600. The van der Waals surface area contributed by atoms with Gasteiger partial charge in [-0.25, -0.2) is 0 Å². The number of halogens is 1. The number of aliphatic hydroxyl groups is 1. The van der Waals surface area contributed by atoms with Crippen LogP contribution >= 0.6 is 15.9 Å². The van der Waals surface area contributed by atoms with Gasteiger partial charge in [0.1, 0.15) is 0 Å². The molecule has 1 aliphatic carbocycles. The number of rotatable bonds is 5. The standard InChI is InChI=1S/C15H21BrN2O3/c1-11-2-4-15(10-19,5-3-11)17-9-12-6-13(16)8-14(7-12)18(20)21/h6-8,11,17,19H,2-5,9-10H2,1H3. The van der Waals surface area contributed by atoms with E-state index in [2.05, 4.69) is 28.2 Å². The summed E-state index contributed by atoms with van der Waals surface area (Å²) < 4.78 is 0.698. The Labute approximate surface area is 133 Å². The maximum atomic E-state index is 10.9. The van der Waals surface area contributed by atoms with Gasteiger partial charge in [-0.1, -0.05) is 22.9 Å². The molecule has 0 aromatic heterocycles. The van der Waals surface area contributed by atoms with E-state index in [4.69, 9.17) is 0 Å². The minimum Gasteiger partial charge on any atom is -0.394 e. The summed E-state index contributed by atoms with van der Waals surface area (Å²) in [7, 11) is 0. The Balaban J connectivity index is 2.06. The molecule has 0 bridgehead atoms. The second-order valence-corrected chi connectivity index (χ2v) is 6.96. The van der Waals surface area contributed by atoms with E-state index in [1.165, 1.54) is 6.07 Å². The molecule has 21 heavy (non-hydrogen) atoms. The largest absolute Gasteiger partial charge is 0.394 e. The molecule has 1 saturated carbocycles. The van der Waals surface area contributed by atoms with Crippen LogP contribution in [0.5, 0.6) is 0 Å². The van der Waals surface area contributed by atoms with Crippen molar-refractivity contribution < 1.29 is 10.0 Å². The van der Waals surface area contributed by atoms with Gasteiger partial charge in [0.05, 0.1) is 11.5 Å². The van der Waals surface area contributed by atoms with Crippen LogP contribution in [0.3, 0.4) is 0 Å². The van der Waals surface area contributed by atoms with Gasteiger partial charge >= 0.3 is 0 Å². The highest BCUT2D eigenvalue weighted by molar-refractivity contribution is 9.10. The van der Waals surface area contributed by atoms with Gasteiger partial charge in [0.25, 0.3) is 5.69 Å². The van der Waals surface area contributed by atoms with Crippen LogP contribution in [0.2, 0.25) is 0 Å². The zero-order valence-electron chi connectivity index (χ0n) is 12.1. The molecule has 5 nitrogen and oxygen atoms in total. The minimum atomic E-state index is -0.391. The van der Waals surface area contributed by atoms with Crippen LogP contribution in [0, 0.1) is 16.0 Å². The number of nitrogens with one attached hydrogen (secondary N) is 1. The van der Waals surface area contributed by atoms with E-state index >= 15 is 0 Å². The number of nitrogens with zero attached hydrogens (tertiary/aromatic N) is 1. The Hall–Kier alpha value is -0.980. The molecule has 0 amide bonds. The normalized spacial score (nSPS) is 25.8. The molecule has 0 aliphatic heterocycles. The van der Waals surface area contributed by atoms with Crippen LogP contribution in [-0.2, 0) is 6.54 Å². The van der Waals surface area contributed by atoms with Crippen molar-refractivity contribution in [2.45, 2.75) is 44.7 Å². The Morgan fingerprint density at radius 1 is 1.43 bits per heavy atom. The predicted molar refractivity (Wildman–Crippen MR) is 85.1 cm³/mol. The molecule has 0 saturated heterocycles. The molecule has 116 valence electrons. The maximum Gasteiger partial charge on any atom is 0.270 e. The fourth-order valence-electron chi connectivity index (χ4n) is 2.84. The van der Waals surface area contributed by atoms with E-state index in [1.807, 2.05) is 6.07 Å². The molecule has 6 heteroatoms. The summed E-state index contributed by atoms with van der Waals surface area (Å²) >= 11 is 3.30. The smallest absolute Gasteiger partial charge is 0.270 e. The summed E-state index contributed by atoms with van der Waals surface area (Å²) in [6.45, 7) is 2.87. The molecule has 0 spiro atoms. The first-order valence-electron chi connectivity index (χ1n) is 7.24. The number of aliphatic hydroxyl groups excluding tert-OH is 1. The quantitative estimate of drug-likeness (QED) is 0.626. The average Bonchev–Trinajstić information content (AvgIpc) is 2.47. The van der Waals surface area contributed by atoms with Crippen molar-refractivity contribution in [2.24, 2.45) is 5.92 Å². The lowest BCUT2D eigenvalue weighted by atomic mass is 9.77. The number of hydrogen-bond acceptors (Lipinski definition) is 4. The maximum absolute atomic E-state index is 10.9. The van der Waals surface area contributed by atoms with Crippen molar-refractivity contribution in [1.29, 1.82) is 0 Å². The van der Waals surface area contributed by atoms with Gasteiger partial charge in [-0.3, -0.25) is 10.1 Å². The van der Waals surface area contributed by atoms with Gasteiger partial charge < -0.3 is 10.4 Å². The topological polar surface area (TPSA) is 75.4 Å². The molecule has 0 atom stereocenters. The highest BCUT2D eigenvalue weighted by Crippen LogP contribution is 2.32. The molecule has 1 aromatic carbocycles. The third-order valence-corrected chi connectivity index (χ3v) is 4.81. The minimum absolute atomic E-state index is 0.0801. The molecule has 2 N–H and O–H groups in total. The van der Waals surface area contributed by atoms with Crippen LogP contribution < -0.4 is 5.32 Å². The third-order valence-electron chi connectivity index (χ3n) is 4.35. The summed E-state index contributed by atoms with van der Waals surface area (Å²) in [5.74, 6) is 0.707. The first-order chi connectivity index (χ1) is 9.94. The van der Waals surface area contributed by atoms with Crippen LogP contribution in [0.4, 0.5) is 5.69 Å². The molecular formula is C15H21BrN2O3. The SMILES string of the molecule is CC1CCC(CO)(NCc2cc(Br)cc([N+](=O)[O-])c2)CC1. The number of nitro groups is 1. The van der Waals surface area contributed by atoms with Crippen LogP contribution in [0.25, 0.3) is 0 Å². The van der Waals surface area contributed by atoms with Crippen LogP contribution in [0.15, 0.2) is 22.7 Å². The number of hydrogen-bond donors (Lipinski definition) is 2. The van der Waals surface area contributed by atoms with E-state index in [0.29, 0.717) is 16.9 Å². The van der Waals surface area contributed by atoms with Gasteiger partial charge in [0.15, 0.2) is 0 Å². The summed E-state index contributed by atoms with van der Waals surface area (Å²) in [4.78, 5) is 10.5. The van der Waals surface area contributed by atoms with Gasteiger partial charge in [-0.15, -0.1) is 0 Å². The molecule has 1 aromatic rings. The van der Waals surface area contributed by atoms with E-state index < -0.39 is 4.92 Å². The van der Waals surface area contributed by atoms with Crippen LogP contribution in [0.1, 0.15) is 38.2 Å². The van der Waals surface area contributed by atoms with E-state index in [0.717, 1.165) is 31.2 Å². The van der Waals surface area contributed by atoms with E-state index in [9.17, 15) is 15.2 Å². The average molecular weight is 357 g/mol. The second-order valence-electron chi connectivity index (χ2n) is 6.05. The van der Waals surface area contributed by atoms with Gasteiger partial charge in [0.2, 0.25) is 0 Å². The number of non-ortho nitro benzene ring substituents is 1. The predicted octanol–water partition coefficient (Wildman–Crippen LogP) is 3.39. The first-order valence-corrected chi connectivity index (χ1v) is 8.03. The number of benzene rings is 1. The summed E-state index contributed by atoms with van der Waals surface area (Å²) in [5, 5.41) is 24.0. The molecule has 1 aliphatic rings. The second kappa shape index (κ2) is 6.85. The van der Waals surface area contributed by atoms with Crippen molar-refractivity contribution in [3.05, 3.63) is 38.3 Å². The van der Waals surface area contributed by atoms with Gasteiger partial charge in [-0.05, 0) is 43.2 Å². The van der Waals surface area contributed by atoms with E-state index in [1.54, 1.807) is 6.07 Å². The Bertz CT molecular complexity index is 514. The highest BCUT2D eigenvalue weighted by Gasteiger charge is 2.33. The molecule has 0 unspecified atom stereocenters. The zero-order chi connectivity index (χ0) is 15.5.